The number of rotatable bonds is 2. The number of alkyl halides is 3. The van der Waals surface area contributed by atoms with Crippen LogP contribution in [0.1, 0.15) is 6.42 Å². The number of carbonyl (C=O) groups is 1. The molecule has 21 heavy (non-hydrogen) atoms. The number of carbonyl (C=O) groups excluding carboxylic acids is 1. The number of aromatic nitrogens is 2. The summed E-state index contributed by atoms with van der Waals surface area (Å²) in [6.45, 7) is -0.344. The quantitative estimate of drug-likeness (QED) is 0.863. The molecule has 1 amide bonds. The Labute approximate surface area is 117 Å². The first-order valence-electron chi connectivity index (χ1n) is 6.31. The predicted octanol–water partition coefficient (Wildman–Crippen LogP) is 2.16. The number of benzene rings is 1. The minimum Gasteiger partial charge on any atom is -0.358 e. The first kappa shape index (κ1) is 13.6. The maximum atomic E-state index is 12.6. The molecule has 5 nitrogen and oxygen atoms in total. The molecule has 1 N–H and O–H groups in total. The van der Waals surface area contributed by atoms with Gasteiger partial charge in [0.2, 0.25) is 0 Å². The van der Waals surface area contributed by atoms with E-state index >= 15 is 0 Å². The Morgan fingerprint density at radius 1 is 1.24 bits per heavy atom. The van der Waals surface area contributed by atoms with Crippen LogP contribution in [0.15, 0.2) is 30.6 Å². The molecule has 2 heterocycles. The second-order valence-electron chi connectivity index (χ2n) is 4.68. The highest BCUT2D eigenvalue weighted by atomic mass is 19.4. The van der Waals surface area contributed by atoms with Crippen molar-refractivity contribution in [2.45, 2.75) is 18.8 Å². The summed E-state index contributed by atoms with van der Waals surface area (Å²) < 4.78 is 37.9. The van der Waals surface area contributed by atoms with Crippen molar-refractivity contribution in [3.05, 3.63) is 30.6 Å². The molecule has 8 heteroatoms. The van der Waals surface area contributed by atoms with Crippen LogP contribution in [0.25, 0.3) is 10.9 Å². The number of anilines is 1. The van der Waals surface area contributed by atoms with Gasteiger partial charge in [-0.25, -0.2) is 9.97 Å². The minimum absolute atomic E-state index is 0.0754. The molecule has 1 aromatic carbocycles. The topological polar surface area (TPSA) is 58.1 Å². The summed E-state index contributed by atoms with van der Waals surface area (Å²) in [5, 5.41) is 3.46. The van der Waals surface area contributed by atoms with Gasteiger partial charge in [-0.15, -0.1) is 13.2 Å². The van der Waals surface area contributed by atoms with Gasteiger partial charge in [0.1, 0.15) is 18.2 Å². The highest BCUT2D eigenvalue weighted by Gasteiger charge is 2.47. The number of likely N-dealkylation sites (tertiary alicyclic amines) is 1. The maximum absolute atomic E-state index is 12.6. The normalized spacial score (nSPS) is 19.3. The smallest absolute Gasteiger partial charge is 0.358 e. The van der Waals surface area contributed by atoms with E-state index in [1.807, 2.05) is 0 Å². The monoisotopic (exact) mass is 296 g/mol. The van der Waals surface area contributed by atoms with Crippen LogP contribution in [0.2, 0.25) is 0 Å². The summed E-state index contributed by atoms with van der Waals surface area (Å²) in [6, 6.07) is 6.16. The van der Waals surface area contributed by atoms with E-state index in [0.717, 1.165) is 0 Å². The summed E-state index contributed by atoms with van der Waals surface area (Å²) in [6.07, 6.45) is -3.25. The molecule has 1 aliphatic rings. The third kappa shape index (κ3) is 2.48. The van der Waals surface area contributed by atoms with E-state index < -0.39 is 18.2 Å². The lowest BCUT2D eigenvalue weighted by molar-refractivity contribution is -0.234. The number of fused-ring (bicyclic) bond motifs is 1. The number of nitrogens with zero attached hydrogens (tertiary/aromatic N) is 3. The number of para-hydroxylation sites is 1. The zero-order valence-electron chi connectivity index (χ0n) is 10.8. The molecule has 0 spiro atoms. The zero-order valence-corrected chi connectivity index (χ0v) is 10.8. The second kappa shape index (κ2) is 4.87. The van der Waals surface area contributed by atoms with Crippen molar-refractivity contribution < 1.29 is 18.0 Å². The van der Waals surface area contributed by atoms with E-state index in [-0.39, 0.29) is 17.9 Å². The van der Waals surface area contributed by atoms with E-state index in [0.29, 0.717) is 16.7 Å². The molecule has 110 valence electrons. The van der Waals surface area contributed by atoms with Gasteiger partial charge in [0, 0.05) is 11.9 Å². The van der Waals surface area contributed by atoms with Crippen molar-refractivity contribution in [2.75, 3.05) is 11.9 Å². The molecule has 2 aromatic rings. The maximum Gasteiger partial charge on any atom is 0.487 e. The molecule has 1 fully saturated rings. The highest BCUT2D eigenvalue weighted by Crippen LogP contribution is 2.29. The first-order valence-corrected chi connectivity index (χ1v) is 6.31. The lowest BCUT2D eigenvalue weighted by Crippen LogP contribution is -2.42. The van der Waals surface area contributed by atoms with Gasteiger partial charge < -0.3 is 5.32 Å². The Kier molecular flexibility index (Phi) is 3.15. The summed E-state index contributed by atoms with van der Waals surface area (Å²) in [5.41, 5.74) is 0.660. The van der Waals surface area contributed by atoms with Gasteiger partial charge in [-0.05, 0) is 18.6 Å². The first-order chi connectivity index (χ1) is 9.97. The standard InChI is InChI=1S/C13H11F3N4O/c14-13(15,16)20-6-5-10(12(20)21)19-11-8-3-1-2-4-9(8)17-7-18-11/h1-4,7,10H,5-6H2,(H,17,18,19). The highest BCUT2D eigenvalue weighted by molar-refractivity contribution is 5.92. The molecule has 0 saturated carbocycles. The van der Waals surface area contributed by atoms with Gasteiger partial charge in [-0.3, -0.25) is 9.69 Å². The van der Waals surface area contributed by atoms with E-state index in [4.69, 9.17) is 0 Å². The average Bonchev–Trinajstić information content (AvgIpc) is 2.81. The van der Waals surface area contributed by atoms with Gasteiger partial charge in [0.15, 0.2) is 0 Å². The van der Waals surface area contributed by atoms with Gasteiger partial charge in [0.05, 0.1) is 5.52 Å². The molecule has 0 radical (unpaired) electrons. The number of hydrogen-bond donors (Lipinski definition) is 1. The van der Waals surface area contributed by atoms with E-state index in [9.17, 15) is 18.0 Å². The molecule has 1 aliphatic heterocycles. The van der Waals surface area contributed by atoms with Crippen molar-refractivity contribution >= 4 is 22.6 Å². The lowest BCUT2D eigenvalue weighted by atomic mass is 10.2. The van der Waals surface area contributed by atoms with Crippen LogP contribution >= 0.6 is 0 Å². The SMILES string of the molecule is O=C1C(Nc2ncnc3ccccc23)CCN1C(F)(F)F. The van der Waals surface area contributed by atoms with Crippen LogP contribution in [-0.2, 0) is 4.79 Å². The van der Waals surface area contributed by atoms with Crippen molar-refractivity contribution in [3.8, 4) is 0 Å². The van der Waals surface area contributed by atoms with Gasteiger partial charge in [-0.2, -0.15) is 0 Å². The fourth-order valence-corrected chi connectivity index (χ4v) is 2.35. The van der Waals surface area contributed by atoms with Gasteiger partial charge in [0.25, 0.3) is 5.91 Å². The van der Waals surface area contributed by atoms with Crippen LogP contribution in [0.5, 0.6) is 0 Å². The number of halogens is 3. The van der Waals surface area contributed by atoms with Crippen molar-refractivity contribution in [1.82, 2.24) is 14.9 Å². The fraction of sp³-hybridized carbons (Fsp3) is 0.308. The Hall–Kier alpha value is -2.38. The fourth-order valence-electron chi connectivity index (χ4n) is 2.35. The van der Waals surface area contributed by atoms with Crippen molar-refractivity contribution in [1.29, 1.82) is 0 Å². The Bertz CT molecular complexity index is 683. The van der Waals surface area contributed by atoms with Crippen LogP contribution < -0.4 is 5.32 Å². The molecule has 1 unspecified atom stereocenters. The summed E-state index contributed by atoms with van der Waals surface area (Å²) in [4.78, 5) is 19.8. The Morgan fingerprint density at radius 3 is 2.71 bits per heavy atom. The molecule has 3 rings (SSSR count). The van der Waals surface area contributed by atoms with E-state index in [1.165, 1.54) is 6.33 Å². The number of amides is 1. The van der Waals surface area contributed by atoms with E-state index in [2.05, 4.69) is 15.3 Å². The molecule has 1 saturated heterocycles. The molecule has 1 aromatic heterocycles. The Morgan fingerprint density at radius 2 is 2.00 bits per heavy atom. The Balaban J connectivity index is 1.85. The average molecular weight is 296 g/mol. The van der Waals surface area contributed by atoms with Crippen LogP contribution in [0, 0.1) is 0 Å². The number of hydrogen-bond acceptors (Lipinski definition) is 4. The molecular formula is C13H11F3N4O. The second-order valence-corrected chi connectivity index (χ2v) is 4.68. The summed E-state index contributed by atoms with van der Waals surface area (Å²) in [5.74, 6) is -0.617. The zero-order chi connectivity index (χ0) is 15.0. The lowest BCUT2D eigenvalue weighted by Gasteiger charge is -2.20. The summed E-state index contributed by atoms with van der Waals surface area (Å²) >= 11 is 0. The molecule has 0 bridgehead atoms. The van der Waals surface area contributed by atoms with Crippen molar-refractivity contribution in [2.24, 2.45) is 0 Å². The van der Waals surface area contributed by atoms with Crippen molar-refractivity contribution in [3.63, 3.8) is 0 Å². The third-order valence-electron chi connectivity index (χ3n) is 3.37. The number of nitrogens with one attached hydrogen (secondary N) is 1. The molecule has 1 atom stereocenters. The third-order valence-corrected chi connectivity index (χ3v) is 3.37. The van der Waals surface area contributed by atoms with Gasteiger partial charge in [-0.1, -0.05) is 12.1 Å². The molecular weight excluding hydrogens is 285 g/mol. The van der Waals surface area contributed by atoms with E-state index in [1.54, 1.807) is 24.3 Å². The van der Waals surface area contributed by atoms with Crippen LogP contribution in [0.4, 0.5) is 19.0 Å². The van der Waals surface area contributed by atoms with Gasteiger partial charge >= 0.3 is 6.30 Å². The molecule has 0 aliphatic carbocycles. The van der Waals surface area contributed by atoms with Crippen LogP contribution in [-0.4, -0.2) is 39.7 Å². The van der Waals surface area contributed by atoms with Crippen LogP contribution in [0.3, 0.4) is 0 Å². The largest absolute Gasteiger partial charge is 0.487 e. The summed E-state index contributed by atoms with van der Waals surface area (Å²) in [7, 11) is 0. The minimum atomic E-state index is -4.64. The predicted molar refractivity (Wildman–Crippen MR) is 69.3 cm³/mol.